The molecule has 0 saturated carbocycles. The molecule has 2 aromatic carbocycles. The van der Waals surface area contributed by atoms with Gasteiger partial charge in [0.1, 0.15) is 0 Å². The van der Waals surface area contributed by atoms with Gasteiger partial charge in [-0.3, -0.25) is 4.79 Å². The van der Waals surface area contributed by atoms with Gasteiger partial charge in [0.05, 0.1) is 0 Å². The number of benzene rings is 2. The van der Waals surface area contributed by atoms with Crippen LogP contribution in [0.5, 0.6) is 0 Å². The van der Waals surface area contributed by atoms with Crippen LogP contribution >= 0.6 is 51.2 Å². The molecule has 1 saturated heterocycles. The van der Waals surface area contributed by atoms with Gasteiger partial charge in [0, 0.05) is 52.4 Å². The van der Waals surface area contributed by atoms with Crippen LogP contribution in [-0.4, -0.2) is 41.8 Å². The summed E-state index contributed by atoms with van der Waals surface area (Å²) in [7, 11) is 0. The average molecular weight is 530 g/mol. The summed E-state index contributed by atoms with van der Waals surface area (Å²) in [5, 5.41) is 5.24. The van der Waals surface area contributed by atoms with Crippen molar-refractivity contribution in [2.45, 2.75) is 23.4 Å². The zero-order valence-electron chi connectivity index (χ0n) is 16.5. The molecule has 1 N–H and O–H groups in total. The molecule has 1 fully saturated rings. The van der Waals surface area contributed by atoms with E-state index in [0.717, 1.165) is 20.5 Å². The Morgan fingerprint density at radius 2 is 2.00 bits per heavy atom. The lowest BCUT2D eigenvalue weighted by Crippen LogP contribution is -2.49. The number of rotatable bonds is 7. The first-order chi connectivity index (χ1) is 14.4. The first kappa shape index (κ1) is 23.7. The Labute approximate surface area is 199 Å². The molecule has 0 aliphatic carbocycles. The van der Waals surface area contributed by atoms with Gasteiger partial charge in [0.2, 0.25) is 0 Å². The highest BCUT2D eigenvalue weighted by molar-refractivity contribution is 9.10. The second-order valence-corrected chi connectivity index (χ2v) is 10.1. The van der Waals surface area contributed by atoms with Crippen LogP contribution < -0.4 is 5.32 Å². The van der Waals surface area contributed by atoms with E-state index in [0.29, 0.717) is 24.7 Å². The fraction of sp³-hybridized carbons (Fsp3) is 0.318. The van der Waals surface area contributed by atoms with Gasteiger partial charge in [0.25, 0.3) is 5.91 Å². The van der Waals surface area contributed by atoms with Crippen molar-refractivity contribution in [2.75, 3.05) is 25.9 Å². The maximum absolute atomic E-state index is 15.1. The van der Waals surface area contributed by atoms with Gasteiger partial charge in [-0.1, -0.05) is 51.8 Å². The number of hydrogen-bond acceptors (Lipinski definition) is 4. The van der Waals surface area contributed by atoms with E-state index >= 15 is 4.39 Å². The Morgan fingerprint density at radius 1 is 1.27 bits per heavy atom. The zero-order valence-corrected chi connectivity index (χ0v) is 20.5. The summed E-state index contributed by atoms with van der Waals surface area (Å²) < 4.78 is 18.2. The van der Waals surface area contributed by atoms with E-state index in [1.165, 1.54) is 0 Å². The van der Waals surface area contributed by atoms with Gasteiger partial charge in [0.15, 0.2) is 5.67 Å². The number of nitrogens with zero attached hydrogens (tertiary/aromatic N) is 1. The Morgan fingerprint density at radius 3 is 2.70 bits per heavy atom. The molecule has 8 heteroatoms. The summed E-state index contributed by atoms with van der Waals surface area (Å²) in [6.07, 6.45) is 4.11. The minimum absolute atomic E-state index is 0.177. The third kappa shape index (κ3) is 6.04. The Hall–Kier alpha value is -0.990. The molecule has 0 bridgehead atoms. The topological polar surface area (TPSA) is 32.3 Å². The second kappa shape index (κ2) is 11.0. The lowest BCUT2D eigenvalue weighted by Gasteiger charge is -2.34. The van der Waals surface area contributed by atoms with Crippen molar-refractivity contribution in [1.82, 2.24) is 9.62 Å². The number of carbonyl (C=O) groups is 1. The average Bonchev–Trinajstić information content (AvgIpc) is 2.74. The number of thioether (sulfide) groups is 1. The van der Waals surface area contributed by atoms with Gasteiger partial charge in [-0.05, 0) is 53.4 Å². The number of piperidine rings is 1. The van der Waals surface area contributed by atoms with Crippen molar-refractivity contribution in [3.8, 4) is 11.1 Å². The number of hydrogen-bond donors (Lipinski definition) is 1. The van der Waals surface area contributed by atoms with Crippen LogP contribution in [0.2, 0.25) is 5.02 Å². The van der Waals surface area contributed by atoms with Gasteiger partial charge in [-0.15, -0.1) is 11.8 Å². The summed E-state index contributed by atoms with van der Waals surface area (Å²) in [5.41, 5.74) is 0.170. The van der Waals surface area contributed by atoms with Crippen LogP contribution in [0.25, 0.3) is 11.1 Å². The van der Waals surface area contributed by atoms with Crippen molar-refractivity contribution in [3.63, 3.8) is 0 Å². The summed E-state index contributed by atoms with van der Waals surface area (Å²) >= 11 is 13.1. The molecule has 0 unspecified atom stereocenters. The van der Waals surface area contributed by atoms with Crippen molar-refractivity contribution < 1.29 is 9.18 Å². The number of nitrogens with one attached hydrogen (secondary N) is 1. The molecule has 30 heavy (non-hydrogen) atoms. The number of alkyl halides is 1. The van der Waals surface area contributed by atoms with Gasteiger partial charge in [-0.2, -0.15) is 0 Å². The fourth-order valence-electron chi connectivity index (χ4n) is 3.22. The maximum atomic E-state index is 15.1. The monoisotopic (exact) mass is 528 g/mol. The van der Waals surface area contributed by atoms with E-state index in [1.54, 1.807) is 23.7 Å². The van der Waals surface area contributed by atoms with E-state index in [4.69, 9.17) is 11.6 Å². The highest BCUT2D eigenvalue weighted by Gasteiger charge is 2.41. The SMILES string of the molecule is CS/C=C\CNC(=O)C1(F)CCN(Sc2ccc(Br)cc2-c2ccccc2Cl)CC1. The van der Waals surface area contributed by atoms with Crippen LogP contribution in [-0.2, 0) is 4.79 Å². The van der Waals surface area contributed by atoms with Gasteiger partial charge >= 0.3 is 0 Å². The molecule has 0 aromatic heterocycles. The Bertz CT molecular complexity index is 920. The predicted molar refractivity (Wildman–Crippen MR) is 131 cm³/mol. The number of halogens is 3. The van der Waals surface area contributed by atoms with Crippen molar-refractivity contribution in [2.24, 2.45) is 0 Å². The van der Waals surface area contributed by atoms with Crippen molar-refractivity contribution in [1.29, 1.82) is 0 Å². The molecular weight excluding hydrogens is 507 g/mol. The van der Waals surface area contributed by atoms with E-state index in [-0.39, 0.29) is 12.8 Å². The Kier molecular flexibility index (Phi) is 8.72. The summed E-state index contributed by atoms with van der Waals surface area (Å²) in [5.74, 6) is -0.515. The lowest BCUT2D eigenvalue weighted by molar-refractivity contribution is -0.135. The number of carbonyl (C=O) groups excluding carboxylic acids is 1. The first-order valence-electron chi connectivity index (χ1n) is 9.55. The lowest BCUT2D eigenvalue weighted by atomic mass is 9.93. The predicted octanol–water partition coefficient (Wildman–Crippen LogP) is 6.57. The molecule has 3 nitrogen and oxygen atoms in total. The zero-order chi connectivity index (χ0) is 21.6. The first-order valence-corrected chi connectivity index (χ1v) is 12.8. The van der Waals surface area contributed by atoms with Crippen molar-refractivity contribution in [3.05, 3.63) is 63.4 Å². The molecule has 3 rings (SSSR count). The summed E-state index contributed by atoms with van der Waals surface area (Å²) in [6, 6.07) is 13.8. The molecule has 1 amide bonds. The summed E-state index contributed by atoms with van der Waals surface area (Å²) in [6.45, 7) is 1.34. The third-order valence-corrected chi connectivity index (χ3v) is 7.33. The molecule has 0 radical (unpaired) electrons. The standard InChI is InChI=1S/C22H23BrClFN2OS2/c1-29-14-4-11-26-21(28)22(25)9-12-27(13-10-22)30-20-8-7-16(23)15-18(20)17-5-2-3-6-19(17)24/h2-8,14-15H,9-13H2,1H3,(H,26,28)/b14-4-. The van der Waals surface area contributed by atoms with Gasteiger partial charge in [-0.25, -0.2) is 8.70 Å². The smallest absolute Gasteiger partial charge is 0.258 e. The maximum Gasteiger partial charge on any atom is 0.258 e. The van der Waals surface area contributed by atoms with E-state index in [2.05, 4.69) is 25.6 Å². The minimum atomic E-state index is -1.81. The van der Waals surface area contributed by atoms with E-state index in [1.807, 2.05) is 60.2 Å². The highest BCUT2D eigenvalue weighted by Crippen LogP contribution is 2.40. The van der Waals surface area contributed by atoms with Crippen LogP contribution in [0.1, 0.15) is 12.8 Å². The van der Waals surface area contributed by atoms with E-state index < -0.39 is 11.6 Å². The Balaban J connectivity index is 1.66. The summed E-state index contributed by atoms with van der Waals surface area (Å²) in [4.78, 5) is 13.3. The van der Waals surface area contributed by atoms with Gasteiger partial charge < -0.3 is 5.32 Å². The van der Waals surface area contributed by atoms with Crippen LogP contribution in [0.4, 0.5) is 4.39 Å². The molecular formula is C22H23BrClFN2OS2. The molecule has 1 aliphatic heterocycles. The molecule has 1 heterocycles. The molecule has 2 aromatic rings. The van der Waals surface area contributed by atoms with Crippen LogP contribution in [0, 0.1) is 0 Å². The molecule has 0 atom stereocenters. The van der Waals surface area contributed by atoms with Crippen LogP contribution in [0.3, 0.4) is 0 Å². The number of amides is 1. The largest absolute Gasteiger partial charge is 0.350 e. The van der Waals surface area contributed by atoms with Crippen LogP contribution in [0.15, 0.2) is 63.3 Å². The fourth-order valence-corrected chi connectivity index (χ4v) is 5.15. The highest BCUT2D eigenvalue weighted by atomic mass is 79.9. The molecule has 0 spiro atoms. The minimum Gasteiger partial charge on any atom is -0.350 e. The normalized spacial score (nSPS) is 16.7. The molecule has 1 aliphatic rings. The molecule has 160 valence electrons. The van der Waals surface area contributed by atoms with E-state index in [9.17, 15) is 4.79 Å². The second-order valence-electron chi connectivity index (χ2n) is 6.92. The quantitative estimate of drug-likeness (QED) is 0.411. The third-order valence-electron chi connectivity index (χ3n) is 4.87. The van der Waals surface area contributed by atoms with Crippen molar-refractivity contribution >= 4 is 57.1 Å².